The lowest BCUT2D eigenvalue weighted by molar-refractivity contribution is -0.125. The third-order valence-corrected chi connectivity index (χ3v) is 3.49. The number of amides is 1. The second-order valence-electron chi connectivity index (χ2n) is 5.61. The van der Waals surface area contributed by atoms with Crippen LogP contribution in [0, 0.1) is 24.2 Å². The van der Waals surface area contributed by atoms with Crippen molar-refractivity contribution in [2.45, 2.75) is 33.2 Å². The third-order valence-electron chi connectivity index (χ3n) is 3.49. The highest BCUT2D eigenvalue weighted by Crippen LogP contribution is 2.19. The Morgan fingerprint density at radius 3 is 2.64 bits per heavy atom. The zero-order valence-corrected chi connectivity index (χ0v) is 13.1. The van der Waals surface area contributed by atoms with E-state index in [9.17, 15) is 14.7 Å². The molecule has 0 aliphatic heterocycles. The molecule has 118 valence electrons. The maximum Gasteiger partial charge on any atom is 0.342 e. The molecule has 0 radical (unpaired) electrons. The van der Waals surface area contributed by atoms with Gasteiger partial charge in [0.15, 0.2) is 6.61 Å². The van der Waals surface area contributed by atoms with Gasteiger partial charge in [0.25, 0.3) is 5.91 Å². The van der Waals surface area contributed by atoms with E-state index in [1.54, 1.807) is 33.8 Å². The van der Waals surface area contributed by atoms with E-state index in [-0.39, 0.29) is 17.2 Å². The summed E-state index contributed by atoms with van der Waals surface area (Å²) in [4.78, 5) is 23.7. The Hall–Kier alpha value is -2.55. The maximum atomic E-state index is 11.9. The van der Waals surface area contributed by atoms with E-state index in [1.165, 1.54) is 12.1 Å². The minimum absolute atomic E-state index is 0.000274. The van der Waals surface area contributed by atoms with Crippen LogP contribution in [0.25, 0.3) is 0 Å². The molecule has 0 aromatic heterocycles. The van der Waals surface area contributed by atoms with Crippen molar-refractivity contribution in [1.82, 2.24) is 5.32 Å². The molecule has 1 atom stereocenters. The molecular weight excluding hydrogens is 284 g/mol. The van der Waals surface area contributed by atoms with E-state index < -0.39 is 24.0 Å². The van der Waals surface area contributed by atoms with Crippen molar-refractivity contribution in [2.24, 2.45) is 5.92 Å². The molecule has 1 aromatic carbocycles. The predicted molar refractivity (Wildman–Crippen MR) is 80.1 cm³/mol. The van der Waals surface area contributed by atoms with Crippen LogP contribution in [0.3, 0.4) is 0 Å². The number of hydrogen-bond donors (Lipinski definition) is 2. The first kappa shape index (κ1) is 17.5. The van der Waals surface area contributed by atoms with Crippen LogP contribution in [-0.4, -0.2) is 29.1 Å². The van der Waals surface area contributed by atoms with Crippen molar-refractivity contribution in [1.29, 1.82) is 5.26 Å². The lowest BCUT2D eigenvalue weighted by Gasteiger charge is -2.27. The fraction of sp³-hybridized carbons (Fsp3) is 0.438. The van der Waals surface area contributed by atoms with Gasteiger partial charge in [0.2, 0.25) is 0 Å². The van der Waals surface area contributed by atoms with Crippen molar-refractivity contribution >= 4 is 11.9 Å². The number of nitriles is 1. The molecule has 6 nitrogen and oxygen atoms in total. The van der Waals surface area contributed by atoms with E-state index in [0.717, 1.165) is 5.56 Å². The fourth-order valence-electron chi connectivity index (χ4n) is 1.65. The molecule has 0 fully saturated rings. The van der Waals surface area contributed by atoms with Gasteiger partial charge in [-0.3, -0.25) is 4.79 Å². The normalized spacial score (nSPS) is 13.1. The second-order valence-corrected chi connectivity index (χ2v) is 5.61. The monoisotopic (exact) mass is 304 g/mol. The van der Waals surface area contributed by atoms with Gasteiger partial charge in [-0.1, -0.05) is 25.5 Å². The van der Waals surface area contributed by atoms with Crippen LogP contribution in [0.1, 0.15) is 36.7 Å². The minimum Gasteiger partial charge on any atom is -0.507 e. The zero-order valence-electron chi connectivity index (χ0n) is 13.1. The van der Waals surface area contributed by atoms with E-state index in [1.807, 2.05) is 6.07 Å². The smallest absolute Gasteiger partial charge is 0.342 e. The number of benzene rings is 1. The molecule has 0 aliphatic rings. The lowest BCUT2D eigenvalue weighted by Crippen LogP contribution is -2.50. The predicted octanol–water partition coefficient (Wildman–Crippen LogP) is 1.91. The van der Waals surface area contributed by atoms with Crippen molar-refractivity contribution < 1.29 is 19.4 Å². The molecule has 0 saturated heterocycles. The molecule has 0 unspecified atom stereocenters. The minimum atomic E-state index is -1.03. The number of carbonyl (C=O) groups excluding carboxylic acids is 2. The number of carbonyl (C=O) groups is 2. The first-order valence-corrected chi connectivity index (χ1v) is 6.88. The van der Waals surface area contributed by atoms with Crippen LogP contribution >= 0.6 is 0 Å². The van der Waals surface area contributed by atoms with Crippen LogP contribution < -0.4 is 5.32 Å². The second kappa shape index (κ2) is 6.94. The molecule has 2 N–H and O–H groups in total. The van der Waals surface area contributed by atoms with Gasteiger partial charge in [0.05, 0.1) is 6.07 Å². The Morgan fingerprint density at radius 1 is 1.45 bits per heavy atom. The number of aromatic hydroxyl groups is 1. The Balaban J connectivity index is 2.67. The molecule has 0 bridgehead atoms. The van der Waals surface area contributed by atoms with Gasteiger partial charge >= 0.3 is 5.97 Å². The lowest BCUT2D eigenvalue weighted by atomic mass is 9.90. The van der Waals surface area contributed by atoms with Crippen LogP contribution in [0.4, 0.5) is 0 Å². The molecule has 0 saturated carbocycles. The standard InChI is InChI=1S/C16H20N2O4/c1-10(2)16(4,9-17)18-14(20)8-22-15(21)12-7-11(3)5-6-13(12)19/h5-7,10,19H,8H2,1-4H3,(H,18,20)/t16-/m1/s1. The fourth-order valence-corrected chi connectivity index (χ4v) is 1.65. The summed E-state index contributed by atoms with van der Waals surface area (Å²) in [6.07, 6.45) is 0. The third kappa shape index (κ3) is 4.22. The van der Waals surface area contributed by atoms with Crippen LogP contribution in [0.5, 0.6) is 5.75 Å². The van der Waals surface area contributed by atoms with Crippen molar-refractivity contribution in [3.05, 3.63) is 29.3 Å². The van der Waals surface area contributed by atoms with Gasteiger partial charge < -0.3 is 15.2 Å². The number of nitrogens with one attached hydrogen (secondary N) is 1. The average Bonchev–Trinajstić information content (AvgIpc) is 2.46. The molecule has 22 heavy (non-hydrogen) atoms. The highest BCUT2D eigenvalue weighted by atomic mass is 16.5. The van der Waals surface area contributed by atoms with Gasteiger partial charge in [0, 0.05) is 0 Å². The molecular formula is C16H20N2O4. The Bertz CT molecular complexity index is 619. The molecule has 1 amide bonds. The summed E-state index contributed by atoms with van der Waals surface area (Å²) in [6, 6.07) is 6.55. The summed E-state index contributed by atoms with van der Waals surface area (Å²) in [5, 5.41) is 21.3. The number of phenolic OH excluding ortho intramolecular Hbond substituents is 1. The maximum absolute atomic E-state index is 11.9. The Morgan fingerprint density at radius 2 is 2.09 bits per heavy atom. The van der Waals surface area contributed by atoms with E-state index in [4.69, 9.17) is 10.00 Å². The summed E-state index contributed by atoms with van der Waals surface area (Å²) in [7, 11) is 0. The summed E-state index contributed by atoms with van der Waals surface area (Å²) < 4.78 is 4.88. The van der Waals surface area contributed by atoms with Gasteiger partial charge in [-0.15, -0.1) is 0 Å². The number of hydrogen-bond acceptors (Lipinski definition) is 5. The van der Waals surface area contributed by atoms with Crippen LogP contribution in [0.2, 0.25) is 0 Å². The first-order valence-electron chi connectivity index (χ1n) is 6.88. The number of ether oxygens (including phenoxy) is 1. The molecule has 1 rings (SSSR count). The number of aryl methyl sites for hydroxylation is 1. The van der Waals surface area contributed by atoms with Crippen LogP contribution in [0.15, 0.2) is 18.2 Å². The molecule has 6 heteroatoms. The molecule has 0 heterocycles. The first-order chi connectivity index (χ1) is 10.2. The number of nitrogens with zero attached hydrogens (tertiary/aromatic N) is 1. The van der Waals surface area contributed by atoms with E-state index >= 15 is 0 Å². The average molecular weight is 304 g/mol. The Kier molecular flexibility index (Phi) is 5.52. The van der Waals surface area contributed by atoms with Crippen molar-refractivity contribution in [3.63, 3.8) is 0 Å². The zero-order chi connectivity index (χ0) is 16.9. The highest BCUT2D eigenvalue weighted by Gasteiger charge is 2.30. The largest absolute Gasteiger partial charge is 0.507 e. The summed E-state index contributed by atoms with van der Waals surface area (Å²) in [5.74, 6) is -1.67. The molecule has 0 aliphatic carbocycles. The number of rotatable bonds is 5. The van der Waals surface area contributed by atoms with E-state index in [0.29, 0.717) is 0 Å². The summed E-state index contributed by atoms with van der Waals surface area (Å²) in [6.45, 7) is 6.46. The van der Waals surface area contributed by atoms with E-state index in [2.05, 4.69) is 5.32 Å². The van der Waals surface area contributed by atoms with Crippen LogP contribution in [-0.2, 0) is 9.53 Å². The van der Waals surface area contributed by atoms with Gasteiger partial charge in [-0.05, 0) is 31.9 Å². The van der Waals surface area contributed by atoms with Crippen molar-refractivity contribution in [3.8, 4) is 11.8 Å². The quantitative estimate of drug-likeness (QED) is 0.809. The SMILES string of the molecule is Cc1ccc(O)c(C(=O)OCC(=O)N[C@](C)(C#N)C(C)C)c1. The molecule has 1 aromatic rings. The topological polar surface area (TPSA) is 99.4 Å². The number of phenols is 1. The van der Waals surface area contributed by atoms with Gasteiger partial charge in [0.1, 0.15) is 16.9 Å². The molecule has 0 spiro atoms. The van der Waals surface area contributed by atoms with Gasteiger partial charge in [-0.25, -0.2) is 4.79 Å². The summed E-state index contributed by atoms with van der Waals surface area (Å²) in [5.41, 5.74) is -0.250. The Labute approximate surface area is 129 Å². The van der Waals surface area contributed by atoms with Gasteiger partial charge in [-0.2, -0.15) is 5.26 Å². The van der Waals surface area contributed by atoms with Crippen molar-refractivity contribution in [2.75, 3.05) is 6.61 Å². The highest BCUT2D eigenvalue weighted by molar-refractivity contribution is 5.94. The number of esters is 1. The summed E-state index contributed by atoms with van der Waals surface area (Å²) >= 11 is 0.